The number of nitrogens with zero attached hydrogens (tertiary/aromatic N) is 1. The van der Waals surface area contributed by atoms with Crippen molar-refractivity contribution in [3.63, 3.8) is 0 Å². The molecule has 1 atom stereocenters. The summed E-state index contributed by atoms with van der Waals surface area (Å²) in [6, 6.07) is 4.00. The summed E-state index contributed by atoms with van der Waals surface area (Å²) in [7, 11) is 1.78. The summed E-state index contributed by atoms with van der Waals surface area (Å²) in [6.07, 6.45) is 3.21. The number of hydrogen-bond donors (Lipinski definition) is 2. The highest BCUT2D eigenvalue weighted by Gasteiger charge is 2.15. The van der Waals surface area contributed by atoms with Crippen LogP contribution in [0.2, 0.25) is 4.34 Å². The predicted octanol–water partition coefficient (Wildman–Crippen LogP) is 2.30. The first-order valence-electron chi connectivity index (χ1n) is 7.66. The normalized spacial score (nSPS) is 18.6. The maximum atomic E-state index is 5.92. The van der Waals surface area contributed by atoms with Gasteiger partial charge in [-0.1, -0.05) is 11.6 Å². The van der Waals surface area contributed by atoms with E-state index in [1.807, 2.05) is 6.07 Å². The van der Waals surface area contributed by atoms with Crippen molar-refractivity contribution in [1.82, 2.24) is 10.6 Å². The van der Waals surface area contributed by atoms with Gasteiger partial charge in [0.1, 0.15) is 0 Å². The average Bonchev–Trinajstić information content (AvgIpc) is 3.17. The van der Waals surface area contributed by atoms with Crippen LogP contribution in [0.4, 0.5) is 0 Å². The average molecular weight is 346 g/mol. The summed E-state index contributed by atoms with van der Waals surface area (Å²) in [5.41, 5.74) is 0. The fourth-order valence-electron chi connectivity index (χ4n) is 2.18. The molecule has 2 heterocycles. The highest BCUT2D eigenvalue weighted by atomic mass is 35.5. The Hall–Kier alpha value is -0.820. The van der Waals surface area contributed by atoms with Gasteiger partial charge in [-0.2, -0.15) is 0 Å². The van der Waals surface area contributed by atoms with Gasteiger partial charge in [0.25, 0.3) is 0 Å². The second kappa shape index (κ2) is 10.0. The number of rotatable bonds is 8. The minimum Gasteiger partial charge on any atom is -0.379 e. The minimum absolute atomic E-state index is 0.287. The Bertz CT molecular complexity index is 461. The highest BCUT2D eigenvalue weighted by Crippen LogP contribution is 2.21. The van der Waals surface area contributed by atoms with E-state index in [2.05, 4.69) is 21.7 Å². The van der Waals surface area contributed by atoms with E-state index in [-0.39, 0.29) is 6.10 Å². The second-order valence-corrected chi connectivity index (χ2v) is 6.89. The maximum absolute atomic E-state index is 5.92. The Balaban J connectivity index is 1.51. The Kier molecular flexibility index (Phi) is 8.01. The molecule has 0 amide bonds. The Labute approximate surface area is 141 Å². The summed E-state index contributed by atoms with van der Waals surface area (Å²) >= 11 is 7.54. The molecule has 1 aliphatic heterocycles. The van der Waals surface area contributed by atoms with Gasteiger partial charge in [0.05, 0.1) is 17.0 Å². The van der Waals surface area contributed by atoms with Crippen molar-refractivity contribution < 1.29 is 9.47 Å². The summed E-state index contributed by atoms with van der Waals surface area (Å²) in [6.45, 7) is 4.01. The molecule has 0 saturated carbocycles. The van der Waals surface area contributed by atoms with Crippen molar-refractivity contribution in [1.29, 1.82) is 0 Å². The number of halogens is 1. The van der Waals surface area contributed by atoms with Crippen LogP contribution in [0.3, 0.4) is 0 Å². The lowest BCUT2D eigenvalue weighted by atomic mass is 10.3. The number of hydrogen-bond acceptors (Lipinski definition) is 4. The molecule has 0 aromatic carbocycles. The molecule has 1 aliphatic rings. The zero-order chi connectivity index (χ0) is 15.6. The largest absolute Gasteiger partial charge is 0.379 e. The van der Waals surface area contributed by atoms with Crippen molar-refractivity contribution in [2.24, 2.45) is 4.99 Å². The number of nitrogens with one attached hydrogen (secondary N) is 2. The highest BCUT2D eigenvalue weighted by molar-refractivity contribution is 7.16. The summed E-state index contributed by atoms with van der Waals surface area (Å²) in [5.74, 6) is 0.826. The third-order valence-corrected chi connectivity index (χ3v) is 4.66. The Morgan fingerprint density at radius 1 is 1.45 bits per heavy atom. The van der Waals surface area contributed by atoms with Gasteiger partial charge in [0.15, 0.2) is 5.96 Å². The van der Waals surface area contributed by atoms with Gasteiger partial charge >= 0.3 is 0 Å². The van der Waals surface area contributed by atoms with Gasteiger partial charge in [0.2, 0.25) is 0 Å². The second-order valence-electron chi connectivity index (χ2n) is 5.09. The summed E-state index contributed by atoms with van der Waals surface area (Å²) in [4.78, 5) is 5.49. The van der Waals surface area contributed by atoms with E-state index in [4.69, 9.17) is 21.1 Å². The topological polar surface area (TPSA) is 54.9 Å². The zero-order valence-corrected chi connectivity index (χ0v) is 14.5. The molecule has 124 valence electrons. The van der Waals surface area contributed by atoms with Crippen LogP contribution >= 0.6 is 22.9 Å². The molecular formula is C15H24ClN3O2S. The Morgan fingerprint density at radius 3 is 3.00 bits per heavy atom. The first-order valence-corrected chi connectivity index (χ1v) is 8.85. The standard InChI is InChI=1S/C15H24ClN3O2S/c1-17-15(19-8-5-13-3-4-14(16)22-13)18-7-2-9-21-12-6-10-20-11-12/h3-4,12H,2,5-11H2,1H3,(H2,17,18,19). The predicted molar refractivity (Wildman–Crippen MR) is 92.2 cm³/mol. The van der Waals surface area contributed by atoms with Gasteiger partial charge in [-0.15, -0.1) is 11.3 Å². The molecule has 2 rings (SSSR count). The van der Waals surface area contributed by atoms with Crippen molar-refractivity contribution in [3.8, 4) is 0 Å². The van der Waals surface area contributed by atoms with E-state index in [0.717, 1.165) is 62.5 Å². The lowest BCUT2D eigenvalue weighted by Gasteiger charge is -2.13. The SMILES string of the molecule is CN=C(NCCCOC1CCOC1)NCCc1ccc(Cl)s1. The minimum atomic E-state index is 0.287. The van der Waals surface area contributed by atoms with E-state index in [9.17, 15) is 0 Å². The van der Waals surface area contributed by atoms with Gasteiger partial charge < -0.3 is 20.1 Å². The molecule has 1 unspecified atom stereocenters. The lowest BCUT2D eigenvalue weighted by Crippen LogP contribution is -2.39. The molecule has 7 heteroatoms. The van der Waals surface area contributed by atoms with E-state index in [1.54, 1.807) is 18.4 Å². The van der Waals surface area contributed by atoms with Crippen LogP contribution in [0, 0.1) is 0 Å². The van der Waals surface area contributed by atoms with Gasteiger partial charge in [-0.3, -0.25) is 4.99 Å². The fourth-order valence-corrected chi connectivity index (χ4v) is 3.27. The van der Waals surface area contributed by atoms with Crippen molar-refractivity contribution in [3.05, 3.63) is 21.3 Å². The number of guanidine groups is 1. The molecule has 5 nitrogen and oxygen atoms in total. The molecule has 0 spiro atoms. The third-order valence-electron chi connectivity index (χ3n) is 3.37. The van der Waals surface area contributed by atoms with Crippen LogP contribution < -0.4 is 10.6 Å². The summed E-state index contributed by atoms with van der Waals surface area (Å²) in [5, 5.41) is 6.59. The molecule has 0 aliphatic carbocycles. The monoisotopic (exact) mass is 345 g/mol. The molecule has 1 saturated heterocycles. The van der Waals surface area contributed by atoms with Crippen LogP contribution in [0.1, 0.15) is 17.7 Å². The molecule has 0 bridgehead atoms. The van der Waals surface area contributed by atoms with E-state index >= 15 is 0 Å². The smallest absolute Gasteiger partial charge is 0.190 e. The van der Waals surface area contributed by atoms with Crippen LogP contribution in [-0.4, -0.2) is 52.0 Å². The molecule has 1 fully saturated rings. The Morgan fingerprint density at radius 2 is 2.32 bits per heavy atom. The van der Waals surface area contributed by atoms with Gasteiger partial charge in [0, 0.05) is 38.2 Å². The first-order chi connectivity index (χ1) is 10.8. The molecule has 1 aromatic heterocycles. The maximum Gasteiger partial charge on any atom is 0.190 e. The van der Waals surface area contributed by atoms with Crippen LogP contribution in [-0.2, 0) is 15.9 Å². The molecule has 0 radical (unpaired) electrons. The fraction of sp³-hybridized carbons (Fsp3) is 0.667. The van der Waals surface area contributed by atoms with E-state index in [1.165, 1.54) is 4.88 Å². The molecule has 1 aromatic rings. The molecule has 2 N–H and O–H groups in total. The number of thiophene rings is 1. The zero-order valence-electron chi connectivity index (χ0n) is 12.9. The van der Waals surface area contributed by atoms with Crippen LogP contribution in [0.5, 0.6) is 0 Å². The van der Waals surface area contributed by atoms with Crippen molar-refractivity contribution in [2.75, 3.05) is 40.0 Å². The van der Waals surface area contributed by atoms with E-state index < -0.39 is 0 Å². The van der Waals surface area contributed by atoms with E-state index in [0.29, 0.717) is 0 Å². The lowest BCUT2D eigenvalue weighted by molar-refractivity contribution is 0.0420. The molecular weight excluding hydrogens is 322 g/mol. The van der Waals surface area contributed by atoms with Crippen LogP contribution in [0.15, 0.2) is 17.1 Å². The van der Waals surface area contributed by atoms with Gasteiger partial charge in [-0.25, -0.2) is 0 Å². The van der Waals surface area contributed by atoms with Crippen LogP contribution in [0.25, 0.3) is 0 Å². The first kappa shape index (κ1) is 17.5. The summed E-state index contributed by atoms with van der Waals surface area (Å²) < 4.78 is 11.8. The van der Waals surface area contributed by atoms with Crippen molar-refractivity contribution in [2.45, 2.75) is 25.4 Å². The molecule has 22 heavy (non-hydrogen) atoms. The number of aliphatic imine (C=N–C) groups is 1. The van der Waals surface area contributed by atoms with Crippen molar-refractivity contribution >= 4 is 28.9 Å². The third kappa shape index (κ3) is 6.52. The van der Waals surface area contributed by atoms with Gasteiger partial charge in [-0.05, 0) is 31.4 Å². The number of ether oxygens (including phenoxy) is 2. The quantitative estimate of drug-likeness (QED) is 0.431.